The molecule has 0 amide bonds. The first-order chi connectivity index (χ1) is 12.7. The van der Waals surface area contributed by atoms with E-state index in [1.807, 2.05) is 36.4 Å². The predicted molar refractivity (Wildman–Crippen MR) is 105 cm³/mol. The molecule has 0 saturated heterocycles. The summed E-state index contributed by atoms with van der Waals surface area (Å²) >= 11 is 3.46. The summed E-state index contributed by atoms with van der Waals surface area (Å²) in [6, 6.07) is 18.2. The van der Waals surface area contributed by atoms with E-state index in [-0.39, 0.29) is 0 Å². The molecule has 0 saturated carbocycles. The van der Waals surface area contributed by atoms with Gasteiger partial charge >= 0.3 is 0 Å². The molecular weight excluding hydrogens is 390 g/mol. The summed E-state index contributed by atoms with van der Waals surface area (Å²) in [6.45, 7) is 0. The Morgan fingerprint density at radius 3 is 2.65 bits per heavy atom. The van der Waals surface area contributed by atoms with E-state index in [9.17, 15) is 5.26 Å². The molecule has 0 aliphatic heterocycles. The minimum Gasteiger partial charge on any atom is -0.472 e. The molecule has 0 radical (unpaired) electrons. The highest BCUT2D eigenvalue weighted by molar-refractivity contribution is 9.10. The lowest BCUT2D eigenvalue weighted by atomic mass is 10.1. The highest BCUT2D eigenvalue weighted by atomic mass is 79.9. The number of rotatable bonds is 4. The van der Waals surface area contributed by atoms with Crippen molar-refractivity contribution in [2.24, 2.45) is 0 Å². The van der Waals surface area contributed by atoms with E-state index in [4.69, 9.17) is 4.42 Å². The summed E-state index contributed by atoms with van der Waals surface area (Å²) in [5.41, 5.74) is 5.38. The number of furan rings is 1. The largest absolute Gasteiger partial charge is 0.472 e. The number of benzene rings is 2. The summed E-state index contributed by atoms with van der Waals surface area (Å²) in [5, 5.41) is 13.7. The van der Waals surface area contributed by atoms with E-state index >= 15 is 0 Å². The van der Waals surface area contributed by atoms with Crippen molar-refractivity contribution >= 4 is 38.2 Å². The van der Waals surface area contributed by atoms with E-state index in [1.54, 1.807) is 18.7 Å². The summed E-state index contributed by atoms with van der Waals surface area (Å²) in [6.07, 6.45) is 5.87. The zero-order chi connectivity index (χ0) is 17.9. The van der Waals surface area contributed by atoms with Crippen LogP contribution in [0.5, 0.6) is 0 Å². The number of hydrogen-bond donors (Lipinski definition) is 1. The predicted octanol–water partition coefficient (Wildman–Crippen LogP) is 5.80. The first-order valence-electron chi connectivity index (χ1n) is 8.08. The zero-order valence-electron chi connectivity index (χ0n) is 13.7. The summed E-state index contributed by atoms with van der Waals surface area (Å²) in [5.74, 6) is 0. The Bertz CT molecular complexity index is 1100. The Balaban J connectivity index is 1.65. The first kappa shape index (κ1) is 16.4. The van der Waals surface area contributed by atoms with E-state index in [2.05, 4.69) is 44.4 Å². The fourth-order valence-corrected chi connectivity index (χ4v) is 3.21. The van der Waals surface area contributed by atoms with Gasteiger partial charge in [0.2, 0.25) is 0 Å². The van der Waals surface area contributed by atoms with Crippen LogP contribution in [0.25, 0.3) is 10.9 Å². The van der Waals surface area contributed by atoms with Gasteiger partial charge in [0.25, 0.3) is 0 Å². The number of nitrogens with zero attached hydrogens (tertiary/aromatic N) is 2. The van der Waals surface area contributed by atoms with Crippen LogP contribution in [0.1, 0.15) is 16.7 Å². The van der Waals surface area contributed by atoms with Crippen LogP contribution >= 0.6 is 15.9 Å². The number of anilines is 2. The van der Waals surface area contributed by atoms with Crippen LogP contribution in [0.15, 0.2) is 76.1 Å². The van der Waals surface area contributed by atoms with Crippen molar-refractivity contribution in [2.45, 2.75) is 6.42 Å². The number of nitriles is 1. The lowest BCUT2D eigenvalue weighted by Gasteiger charge is -2.12. The van der Waals surface area contributed by atoms with Gasteiger partial charge in [0, 0.05) is 28.2 Å². The van der Waals surface area contributed by atoms with Gasteiger partial charge in [-0.1, -0.05) is 28.1 Å². The molecular formula is C21H14BrN3O. The Kier molecular flexibility index (Phi) is 4.42. The summed E-state index contributed by atoms with van der Waals surface area (Å²) in [7, 11) is 0. The van der Waals surface area contributed by atoms with Gasteiger partial charge in [-0.2, -0.15) is 5.26 Å². The lowest BCUT2D eigenvalue weighted by molar-refractivity contribution is 0.564. The normalized spacial score (nSPS) is 10.6. The Morgan fingerprint density at radius 1 is 1.08 bits per heavy atom. The molecule has 4 nitrogen and oxygen atoms in total. The van der Waals surface area contributed by atoms with Crippen LogP contribution in [0.3, 0.4) is 0 Å². The summed E-state index contributed by atoms with van der Waals surface area (Å²) in [4.78, 5) is 4.37. The van der Waals surface area contributed by atoms with Gasteiger partial charge < -0.3 is 9.73 Å². The van der Waals surface area contributed by atoms with E-state index in [1.165, 1.54) is 5.56 Å². The second-order valence-electron chi connectivity index (χ2n) is 5.95. The highest BCUT2D eigenvalue weighted by Crippen LogP contribution is 2.30. The van der Waals surface area contributed by atoms with Crippen molar-refractivity contribution in [1.82, 2.24) is 4.98 Å². The molecule has 4 rings (SSSR count). The SMILES string of the molecule is N#Cc1cnc2cc(Br)ccc2c1Nc1ccc(Cc2ccoc2)cc1. The molecule has 0 aliphatic carbocycles. The molecule has 2 aromatic heterocycles. The van der Waals surface area contributed by atoms with Gasteiger partial charge in [0.15, 0.2) is 0 Å². The molecule has 2 aromatic carbocycles. The van der Waals surface area contributed by atoms with Crippen molar-refractivity contribution in [2.75, 3.05) is 5.32 Å². The van der Waals surface area contributed by atoms with Crippen molar-refractivity contribution in [3.05, 3.63) is 88.4 Å². The molecule has 0 bridgehead atoms. The maximum atomic E-state index is 9.45. The number of nitrogens with one attached hydrogen (secondary N) is 1. The number of aromatic nitrogens is 1. The Morgan fingerprint density at radius 2 is 1.92 bits per heavy atom. The quantitative estimate of drug-likeness (QED) is 0.467. The molecule has 0 aliphatic rings. The second kappa shape index (κ2) is 7.03. The van der Waals surface area contributed by atoms with E-state index < -0.39 is 0 Å². The molecule has 0 fully saturated rings. The molecule has 0 spiro atoms. The number of pyridine rings is 1. The molecule has 2 heterocycles. The first-order valence-corrected chi connectivity index (χ1v) is 8.87. The second-order valence-corrected chi connectivity index (χ2v) is 6.87. The minimum absolute atomic E-state index is 0.516. The summed E-state index contributed by atoms with van der Waals surface area (Å²) < 4.78 is 6.07. The maximum Gasteiger partial charge on any atom is 0.103 e. The average Bonchev–Trinajstić information content (AvgIpc) is 3.16. The van der Waals surface area contributed by atoms with Crippen molar-refractivity contribution in [3.8, 4) is 6.07 Å². The molecule has 4 aromatic rings. The van der Waals surface area contributed by atoms with Crippen LogP contribution in [0.4, 0.5) is 11.4 Å². The van der Waals surface area contributed by atoms with Crippen molar-refractivity contribution in [1.29, 1.82) is 5.26 Å². The molecule has 5 heteroatoms. The fourth-order valence-electron chi connectivity index (χ4n) is 2.87. The monoisotopic (exact) mass is 403 g/mol. The van der Waals surface area contributed by atoms with Crippen LogP contribution < -0.4 is 5.32 Å². The van der Waals surface area contributed by atoms with Gasteiger partial charge in [-0.25, -0.2) is 0 Å². The smallest absolute Gasteiger partial charge is 0.103 e. The van der Waals surface area contributed by atoms with Crippen LogP contribution in [-0.2, 0) is 6.42 Å². The van der Waals surface area contributed by atoms with Crippen LogP contribution in [-0.4, -0.2) is 4.98 Å². The molecule has 0 atom stereocenters. The maximum absolute atomic E-state index is 9.45. The van der Waals surface area contributed by atoms with Crippen LogP contribution in [0, 0.1) is 11.3 Å². The van der Waals surface area contributed by atoms with Gasteiger partial charge in [0.05, 0.1) is 29.3 Å². The average molecular weight is 404 g/mol. The lowest BCUT2D eigenvalue weighted by Crippen LogP contribution is -1.97. The van der Waals surface area contributed by atoms with Gasteiger partial charge in [-0.05, 0) is 47.5 Å². The molecule has 126 valence electrons. The van der Waals surface area contributed by atoms with E-state index in [0.29, 0.717) is 5.56 Å². The third-order valence-electron chi connectivity index (χ3n) is 4.16. The molecule has 0 unspecified atom stereocenters. The van der Waals surface area contributed by atoms with Crippen LogP contribution in [0.2, 0.25) is 0 Å². The fraction of sp³-hybridized carbons (Fsp3) is 0.0476. The minimum atomic E-state index is 0.516. The van der Waals surface area contributed by atoms with E-state index in [0.717, 1.165) is 38.7 Å². The van der Waals surface area contributed by atoms with Crippen molar-refractivity contribution < 1.29 is 4.42 Å². The molecule has 1 N–H and O–H groups in total. The topological polar surface area (TPSA) is 61.9 Å². The van der Waals surface area contributed by atoms with Gasteiger partial charge in [-0.3, -0.25) is 4.98 Å². The number of hydrogen-bond acceptors (Lipinski definition) is 4. The third-order valence-corrected chi connectivity index (χ3v) is 4.66. The number of halogens is 1. The van der Waals surface area contributed by atoms with Crippen molar-refractivity contribution in [3.63, 3.8) is 0 Å². The number of fused-ring (bicyclic) bond motifs is 1. The standard InChI is InChI=1S/C21H14BrN3O/c22-17-3-6-19-20(10-17)24-12-16(11-23)21(19)25-18-4-1-14(2-5-18)9-15-7-8-26-13-15/h1-8,10,12-13H,9H2,(H,24,25). The Labute approximate surface area is 159 Å². The van der Waals surface area contributed by atoms with Gasteiger partial charge in [-0.15, -0.1) is 0 Å². The zero-order valence-corrected chi connectivity index (χ0v) is 15.3. The third kappa shape index (κ3) is 3.32. The highest BCUT2D eigenvalue weighted by Gasteiger charge is 2.10. The van der Waals surface area contributed by atoms with Gasteiger partial charge in [0.1, 0.15) is 6.07 Å². The molecule has 26 heavy (non-hydrogen) atoms. The Hall–Kier alpha value is -3.10.